The Morgan fingerprint density at radius 2 is 0.850 bits per heavy atom. The first-order valence-corrected chi connectivity index (χ1v) is 38.3. The molecule has 0 spiro atoms. The number of nitrogens with two attached hydrogens (primary N) is 1. The van der Waals surface area contributed by atoms with Crippen LogP contribution in [-0.4, -0.2) is 167 Å². The maximum atomic E-state index is 13.5. The van der Waals surface area contributed by atoms with E-state index < -0.39 is 36.2 Å². The second-order valence-electron chi connectivity index (χ2n) is 29.7. The number of H-pyrrole nitrogens is 4. The van der Waals surface area contributed by atoms with E-state index in [4.69, 9.17) is 30.3 Å². The SMILES string of the molecule is CC(C)[C@H](NC(=O)OCc1ccccc1)C(=O)O.COOC=N[C@H](C(=O)N1CCC[C@H]1c1ncc(-c2ccc(-c3ccc(-c4cnc([C@@H]5CCCN5)[nH]4)cc3)cc2)[nH]1)C(C)C.COOC=N[C@H](C(=O)N1CCC[C@H]1c1ncc(-c2ccc(-c3ccc(-c4cnc([C@@H]5CCCN5C(=O)[C@@H](N)C(C)C)[nH]4)cc3)cc2)[nH]1)C(C)C.[CH3-].[Pd]. The van der Waals surface area contributed by atoms with Crippen molar-refractivity contribution in [3.05, 3.63) is 188 Å². The van der Waals surface area contributed by atoms with Crippen LogP contribution in [0.25, 0.3) is 67.3 Å². The summed E-state index contributed by atoms with van der Waals surface area (Å²) in [6.45, 7) is 18.5. The van der Waals surface area contributed by atoms with Gasteiger partial charge in [0.25, 0.3) is 0 Å². The number of carboxylic acids is 1. The molecule has 27 nitrogen and oxygen atoms in total. The average Bonchev–Trinajstić information content (AvgIpc) is 1.73. The number of carbonyl (C=O) groups is 5. The Kier molecular flexibility index (Phi) is 31.7. The molecule has 113 heavy (non-hydrogen) atoms. The number of hydrogen-bond acceptors (Lipinski definition) is 18. The number of hydrogen-bond donors (Lipinski definition) is 8. The zero-order valence-corrected chi connectivity index (χ0v) is 67.7. The van der Waals surface area contributed by atoms with Crippen LogP contribution in [0.15, 0.2) is 162 Å². The van der Waals surface area contributed by atoms with Crippen molar-refractivity contribution in [1.82, 2.24) is 65.2 Å². The van der Waals surface area contributed by atoms with Crippen LogP contribution in [0.1, 0.15) is 160 Å². The molecule has 0 aliphatic carbocycles. The molecule has 13 rings (SSSR count). The molecule has 4 amide bonds. The summed E-state index contributed by atoms with van der Waals surface area (Å²) in [6.07, 6.45) is 16.8. The molecule has 9 aromatic rings. The fourth-order valence-electron chi connectivity index (χ4n) is 14.4. The first-order chi connectivity index (χ1) is 53.7. The molecule has 4 aliphatic rings. The van der Waals surface area contributed by atoms with Gasteiger partial charge in [0.15, 0.2) is 0 Å². The molecule has 604 valence electrons. The number of nitrogens with zero attached hydrogens (tertiary/aromatic N) is 9. The Labute approximate surface area is 675 Å². The summed E-state index contributed by atoms with van der Waals surface area (Å²) < 4.78 is 4.95. The van der Waals surface area contributed by atoms with Gasteiger partial charge in [0, 0.05) is 40.1 Å². The van der Waals surface area contributed by atoms with Crippen LogP contribution in [0.4, 0.5) is 4.79 Å². The smallest absolute Gasteiger partial charge is 0.408 e. The van der Waals surface area contributed by atoms with E-state index in [0.717, 1.165) is 148 Å². The van der Waals surface area contributed by atoms with Crippen molar-refractivity contribution >= 4 is 42.6 Å². The number of aliphatic imine (C=N–C) groups is 2. The maximum Gasteiger partial charge on any atom is 0.408 e. The molecule has 4 aliphatic heterocycles. The predicted molar refractivity (Wildman–Crippen MR) is 431 cm³/mol. The number of nitrogens with one attached hydrogen (secondary N) is 6. The molecule has 4 fully saturated rings. The Morgan fingerprint density at radius 1 is 0.496 bits per heavy atom. The number of alkyl carbamates (subject to hydrolysis) is 1. The number of imidazole rings is 4. The topological polar surface area (TPSA) is 351 Å². The van der Waals surface area contributed by atoms with Crippen LogP contribution in [0.5, 0.6) is 0 Å². The van der Waals surface area contributed by atoms with Gasteiger partial charge < -0.3 is 78.0 Å². The Balaban J connectivity index is 0.000000212. The van der Waals surface area contributed by atoms with Crippen LogP contribution in [0.2, 0.25) is 0 Å². The fraction of sp³-hybridized carbons (Fsp3) is 0.412. The second-order valence-corrected chi connectivity index (χ2v) is 29.7. The third-order valence-electron chi connectivity index (χ3n) is 20.7. The van der Waals surface area contributed by atoms with E-state index in [9.17, 15) is 24.0 Å². The quantitative estimate of drug-likeness (QED) is 0.00592. The van der Waals surface area contributed by atoms with Crippen LogP contribution < -0.4 is 16.4 Å². The van der Waals surface area contributed by atoms with Crippen molar-refractivity contribution in [2.24, 2.45) is 39.4 Å². The Hall–Kier alpha value is -10.5. The van der Waals surface area contributed by atoms with Gasteiger partial charge in [-0.1, -0.05) is 183 Å². The van der Waals surface area contributed by atoms with Gasteiger partial charge in [-0.3, -0.25) is 14.4 Å². The van der Waals surface area contributed by atoms with E-state index in [0.29, 0.717) is 25.7 Å². The van der Waals surface area contributed by atoms with Crippen molar-refractivity contribution < 1.29 is 73.8 Å². The molecule has 8 heterocycles. The van der Waals surface area contributed by atoms with Crippen LogP contribution in [-0.2, 0) is 70.5 Å². The first kappa shape index (κ1) is 86.5. The minimum Gasteiger partial charge on any atom is -0.480 e. The molecule has 5 aromatic carbocycles. The summed E-state index contributed by atoms with van der Waals surface area (Å²) in [6, 6.07) is 40.4. The third kappa shape index (κ3) is 22.1. The normalized spacial score (nSPS) is 17.8. The van der Waals surface area contributed by atoms with E-state index in [2.05, 4.69) is 162 Å². The molecular formula is C85H107N16O11Pd-. The van der Waals surface area contributed by atoms with Gasteiger partial charge in [-0.15, -0.1) is 0 Å². The molecule has 0 saturated carbocycles. The van der Waals surface area contributed by atoms with E-state index in [1.807, 2.05) is 111 Å². The summed E-state index contributed by atoms with van der Waals surface area (Å²) in [4.78, 5) is 128. The van der Waals surface area contributed by atoms with E-state index in [1.54, 1.807) is 13.8 Å². The molecule has 0 radical (unpaired) electrons. The molecule has 0 bridgehead atoms. The molecule has 4 saturated heterocycles. The van der Waals surface area contributed by atoms with Crippen LogP contribution >= 0.6 is 0 Å². The number of aromatic amines is 4. The standard InChI is InChI=1S/C38H48N8O4.C33H39N7O3.C13H17NO4.CH3.Pd/c1-23(2)33(39)37(47)45-18-6-8-31(45)35-40-20-29(43-35)27-14-10-25(11-15-27)26-12-16-28(17-13-26)30-21-41-36(44-30)32-9-7-19-46(32)38(48)34(24(3)4)42-22-50-49-5;1-21(2)30(37-20-43-42-3)33(41)40-17-5-7-29(40)32-36-19-28(39-32)25-14-10-23(11-15-25)22-8-12-24(13-9-22)27-18-35-31(38-27)26-6-4-16-34-26;1-9(2)11(12(15)16)14-13(17)18-8-10-6-4-3-5-7-10;;/h10-17,20-24,31-34H,6-9,18-19,39H2,1-5H3,(H,40,43)(H,41,44);8-15,18-21,26,29-30,34H,4-7,16-17H2,1-3H3,(H,35,38)(H,36,39);3-7,9,11H,8H2,1-2H3,(H,14,17)(H,15,16);1H3;/q;;;-1;/t31-,32-,33-,34-;26-,29-,30-;11-;;/m000../s1. The number of benzene rings is 5. The number of rotatable bonds is 27. The van der Waals surface area contributed by atoms with Gasteiger partial charge in [-0.05, 0) is 132 Å². The number of carboxylic acid groups (broad SMARTS) is 1. The van der Waals surface area contributed by atoms with E-state index >= 15 is 0 Å². The zero-order chi connectivity index (χ0) is 78.7. The van der Waals surface area contributed by atoms with Crippen molar-refractivity contribution in [2.45, 2.75) is 162 Å². The Morgan fingerprint density at radius 3 is 1.18 bits per heavy atom. The minimum atomic E-state index is -1.07. The Bertz CT molecular complexity index is 4560. The van der Waals surface area contributed by atoms with Crippen molar-refractivity contribution in [3.63, 3.8) is 0 Å². The van der Waals surface area contributed by atoms with Gasteiger partial charge in [0.05, 0.1) is 92.0 Å². The van der Waals surface area contributed by atoms with Crippen LogP contribution in [0.3, 0.4) is 0 Å². The number of aliphatic carboxylic acids is 1. The number of carbonyl (C=O) groups excluding carboxylic acids is 4. The molecular weight excluding hydrogens is 1530 g/mol. The van der Waals surface area contributed by atoms with Gasteiger partial charge in [-0.25, -0.2) is 39.5 Å². The molecule has 9 N–H and O–H groups in total. The van der Waals surface area contributed by atoms with Gasteiger partial charge in [-0.2, -0.15) is 9.78 Å². The van der Waals surface area contributed by atoms with Crippen molar-refractivity contribution in [2.75, 3.05) is 40.4 Å². The molecule has 8 atom stereocenters. The summed E-state index contributed by atoms with van der Waals surface area (Å²) in [5, 5.41) is 14.7. The summed E-state index contributed by atoms with van der Waals surface area (Å²) in [5.41, 5.74) is 19.5. The van der Waals surface area contributed by atoms with Gasteiger partial charge in [0.1, 0.15) is 48.0 Å². The van der Waals surface area contributed by atoms with Gasteiger partial charge in [0.2, 0.25) is 30.5 Å². The average molecular weight is 1640 g/mol. The number of ether oxygens (including phenoxy) is 1. The van der Waals surface area contributed by atoms with Crippen LogP contribution in [0, 0.1) is 31.1 Å². The number of likely N-dealkylation sites (tertiary alicyclic amines) is 3. The minimum absolute atomic E-state index is 0. The molecule has 4 aromatic heterocycles. The molecule has 28 heteroatoms. The first-order valence-electron chi connectivity index (χ1n) is 38.3. The largest absolute Gasteiger partial charge is 0.480 e. The zero-order valence-electron chi connectivity index (χ0n) is 66.2. The van der Waals surface area contributed by atoms with Crippen molar-refractivity contribution in [1.29, 1.82) is 0 Å². The number of amides is 4. The summed E-state index contributed by atoms with van der Waals surface area (Å²) in [7, 11) is 2.80. The third-order valence-corrected chi connectivity index (χ3v) is 20.7. The number of aromatic nitrogens is 8. The van der Waals surface area contributed by atoms with Crippen molar-refractivity contribution in [3.8, 4) is 67.3 Å². The monoisotopic (exact) mass is 1630 g/mol. The fourth-order valence-corrected chi connectivity index (χ4v) is 14.4. The second kappa shape index (κ2) is 41.4. The maximum absolute atomic E-state index is 13.5. The predicted octanol–water partition coefficient (Wildman–Crippen LogP) is 14.4. The van der Waals surface area contributed by atoms with Gasteiger partial charge >= 0.3 is 12.1 Å². The van der Waals surface area contributed by atoms with E-state index in [-0.39, 0.29) is 94.0 Å². The van der Waals surface area contributed by atoms with E-state index in [1.165, 1.54) is 33.4 Å². The summed E-state index contributed by atoms with van der Waals surface area (Å²) >= 11 is 0. The summed E-state index contributed by atoms with van der Waals surface area (Å²) in [5.74, 6) is 2.15. The molecule has 0 unspecified atom stereocenters.